The highest BCUT2D eigenvalue weighted by molar-refractivity contribution is 5.96. The molecule has 21 heavy (non-hydrogen) atoms. The molecule has 1 saturated heterocycles. The molecular formula is C16H22N2O3. The first-order valence-corrected chi connectivity index (χ1v) is 7.43. The number of aromatic carboxylic acids is 1. The van der Waals surface area contributed by atoms with Crippen molar-refractivity contribution >= 4 is 17.6 Å². The van der Waals surface area contributed by atoms with Gasteiger partial charge < -0.3 is 15.7 Å². The van der Waals surface area contributed by atoms with Crippen LogP contribution in [-0.2, 0) is 4.79 Å². The van der Waals surface area contributed by atoms with E-state index in [1.807, 2.05) is 0 Å². The summed E-state index contributed by atoms with van der Waals surface area (Å²) in [5, 5.41) is 15.1. The highest BCUT2D eigenvalue weighted by Gasteiger charge is 2.38. The summed E-state index contributed by atoms with van der Waals surface area (Å²) in [7, 11) is 0. The molecule has 1 fully saturated rings. The molecule has 0 aliphatic carbocycles. The number of anilines is 1. The Balaban J connectivity index is 2.09. The molecule has 1 amide bonds. The van der Waals surface area contributed by atoms with Gasteiger partial charge in [-0.2, -0.15) is 0 Å². The predicted molar refractivity (Wildman–Crippen MR) is 81.5 cm³/mol. The van der Waals surface area contributed by atoms with Crippen molar-refractivity contribution in [2.24, 2.45) is 5.41 Å². The molecule has 1 aromatic rings. The number of piperidine rings is 1. The fraction of sp³-hybridized carbons (Fsp3) is 0.500. The fourth-order valence-electron chi connectivity index (χ4n) is 2.93. The number of carbonyl (C=O) groups is 2. The maximum absolute atomic E-state index is 12.6. The number of hydrogen-bond acceptors (Lipinski definition) is 3. The normalized spacial score (nSPS) is 17.2. The van der Waals surface area contributed by atoms with Gasteiger partial charge in [0.15, 0.2) is 0 Å². The van der Waals surface area contributed by atoms with Crippen LogP contribution in [0.5, 0.6) is 0 Å². The highest BCUT2D eigenvalue weighted by atomic mass is 16.4. The number of carboxylic acids is 1. The van der Waals surface area contributed by atoms with Gasteiger partial charge in [0.05, 0.1) is 11.0 Å². The third kappa shape index (κ3) is 3.61. The van der Waals surface area contributed by atoms with Gasteiger partial charge in [0, 0.05) is 5.69 Å². The standard InChI is InChI=1S/C16H22N2O3/c1-2-7-16(8-10-17-11-9-16)15(21)18-13-5-3-12(4-6-13)14(19)20/h3-6,17H,2,7-11H2,1H3,(H,18,21)(H,19,20). The highest BCUT2D eigenvalue weighted by Crippen LogP contribution is 2.35. The van der Waals surface area contributed by atoms with Crippen LogP contribution in [0.2, 0.25) is 0 Å². The Kier molecular flexibility index (Phi) is 4.96. The second kappa shape index (κ2) is 6.72. The fourth-order valence-corrected chi connectivity index (χ4v) is 2.93. The van der Waals surface area contributed by atoms with E-state index in [1.54, 1.807) is 12.1 Å². The molecule has 0 aromatic heterocycles. The zero-order valence-electron chi connectivity index (χ0n) is 12.3. The van der Waals surface area contributed by atoms with Crippen LogP contribution in [-0.4, -0.2) is 30.1 Å². The molecule has 5 heteroatoms. The van der Waals surface area contributed by atoms with Crippen LogP contribution in [0.1, 0.15) is 43.0 Å². The van der Waals surface area contributed by atoms with E-state index in [0.717, 1.165) is 38.8 Å². The van der Waals surface area contributed by atoms with Gasteiger partial charge in [0.2, 0.25) is 5.91 Å². The van der Waals surface area contributed by atoms with E-state index in [1.165, 1.54) is 12.1 Å². The smallest absolute Gasteiger partial charge is 0.335 e. The maximum Gasteiger partial charge on any atom is 0.335 e. The van der Waals surface area contributed by atoms with Crippen LogP contribution in [0.3, 0.4) is 0 Å². The number of amides is 1. The summed E-state index contributed by atoms with van der Waals surface area (Å²) in [6.07, 6.45) is 3.55. The minimum atomic E-state index is -0.964. The van der Waals surface area contributed by atoms with Crippen molar-refractivity contribution in [3.05, 3.63) is 29.8 Å². The third-order valence-corrected chi connectivity index (χ3v) is 4.16. The summed E-state index contributed by atoms with van der Waals surface area (Å²) in [5.41, 5.74) is 0.572. The molecule has 114 valence electrons. The van der Waals surface area contributed by atoms with E-state index in [-0.39, 0.29) is 16.9 Å². The molecule has 1 aliphatic heterocycles. The molecule has 1 aliphatic rings. The Morgan fingerprint density at radius 3 is 2.38 bits per heavy atom. The van der Waals surface area contributed by atoms with Crippen molar-refractivity contribution in [3.63, 3.8) is 0 Å². The van der Waals surface area contributed by atoms with Gasteiger partial charge in [-0.05, 0) is 56.6 Å². The number of hydrogen-bond donors (Lipinski definition) is 3. The van der Waals surface area contributed by atoms with Crippen molar-refractivity contribution in [1.82, 2.24) is 5.32 Å². The number of carbonyl (C=O) groups excluding carboxylic acids is 1. The van der Waals surface area contributed by atoms with Crippen LogP contribution >= 0.6 is 0 Å². The summed E-state index contributed by atoms with van der Waals surface area (Å²) in [4.78, 5) is 23.5. The molecule has 1 heterocycles. The van der Waals surface area contributed by atoms with Crippen molar-refractivity contribution in [3.8, 4) is 0 Å². The lowest BCUT2D eigenvalue weighted by molar-refractivity contribution is -0.127. The molecule has 1 aromatic carbocycles. The molecule has 5 nitrogen and oxygen atoms in total. The van der Waals surface area contributed by atoms with Crippen LogP contribution in [0.25, 0.3) is 0 Å². The number of nitrogens with one attached hydrogen (secondary N) is 2. The van der Waals surface area contributed by atoms with Gasteiger partial charge in [0.1, 0.15) is 0 Å². The Labute approximate surface area is 124 Å². The average Bonchev–Trinajstić information content (AvgIpc) is 2.49. The van der Waals surface area contributed by atoms with Crippen molar-refractivity contribution < 1.29 is 14.7 Å². The van der Waals surface area contributed by atoms with Gasteiger partial charge in [-0.15, -0.1) is 0 Å². The lowest BCUT2D eigenvalue weighted by Crippen LogP contribution is -2.44. The Hall–Kier alpha value is -1.88. The van der Waals surface area contributed by atoms with Crippen LogP contribution < -0.4 is 10.6 Å². The minimum absolute atomic E-state index is 0.0499. The van der Waals surface area contributed by atoms with E-state index in [0.29, 0.717) is 5.69 Å². The second-order valence-electron chi connectivity index (χ2n) is 5.62. The van der Waals surface area contributed by atoms with Crippen molar-refractivity contribution in [2.45, 2.75) is 32.6 Å². The molecule has 0 atom stereocenters. The zero-order valence-corrected chi connectivity index (χ0v) is 12.3. The quantitative estimate of drug-likeness (QED) is 0.778. The third-order valence-electron chi connectivity index (χ3n) is 4.16. The Bertz CT molecular complexity index is 499. The molecule has 0 bridgehead atoms. The summed E-state index contributed by atoms with van der Waals surface area (Å²) in [6.45, 7) is 3.83. The van der Waals surface area contributed by atoms with Gasteiger partial charge in [-0.25, -0.2) is 4.79 Å². The van der Waals surface area contributed by atoms with E-state index < -0.39 is 5.97 Å². The van der Waals surface area contributed by atoms with E-state index >= 15 is 0 Å². The summed E-state index contributed by atoms with van der Waals surface area (Å²) in [6, 6.07) is 6.30. The summed E-state index contributed by atoms with van der Waals surface area (Å²) in [5.74, 6) is -0.914. The molecule has 0 spiro atoms. The van der Waals surface area contributed by atoms with E-state index in [9.17, 15) is 9.59 Å². The van der Waals surface area contributed by atoms with Gasteiger partial charge in [-0.1, -0.05) is 13.3 Å². The van der Waals surface area contributed by atoms with Crippen LogP contribution in [0, 0.1) is 5.41 Å². The molecular weight excluding hydrogens is 268 g/mol. The minimum Gasteiger partial charge on any atom is -0.478 e. The Morgan fingerprint density at radius 1 is 1.24 bits per heavy atom. The summed E-state index contributed by atoms with van der Waals surface area (Å²) < 4.78 is 0. The number of benzene rings is 1. The van der Waals surface area contributed by atoms with E-state index in [2.05, 4.69) is 17.6 Å². The number of rotatable bonds is 5. The first-order valence-electron chi connectivity index (χ1n) is 7.43. The van der Waals surface area contributed by atoms with Gasteiger partial charge >= 0.3 is 5.97 Å². The monoisotopic (exact) mass is 290 g/mol. The first kappa shape index (κ1) is 15.5. The van der Waals surface area contributed by atoms with Crippen LogP contribution in [0.4, 0.5) is 5.69 Å². The molecule has 3 N–H and O–H groups in total. The SMILES string of the molecule is CCCC1(C(=O)Nc2ccc(C(=O)O)cc2)CCNCC1. The van der Waals surface area contributed by atoms with Crippen LogP contribution in [0.15, 0.2) is 24.3 Å². The van der Waals surface area contributed by atoms with Gasteiger partial charge in [0.25, 0.3) is 0 Å². The lowest BCUT2D eigenvalue weighted by atomic mass is 9.74. The zero-order chi connectivity index (χ0) is 15.3. The average molecular weight is 290 g/mol. The van der Waals surface area contributed by atoms with E-state index in [4.69, 9.17) is 5.11 Å². The Morgan fingerprint density at radius 2 is 1.86 bits per heavy atom. The molecule has 0 radical (unpaired) electrons. The van der Waals surface area contributed by atoms with Gasteiger partial charge in [-0.3, -0.25) is 4.79 Å². The van der Waals surface area contributed by atoms with Crippen molar-refractivity contribution in [2.75, 3.05) is 18.4 Å². The second-order valence-corrected chi connectivity index (χ2v) is 5.62. The largest absolute Gasteiger partial charge is 0.478 e. The van der Waals surface area contributed by atoms with Crippen molar-refractivity contribution in [1.29, 1.82) is 0 Å². The first-order chi connectivity index (χ1) is 10.1. The summed E-state index contributed by atoms with van der Waals surface area (Å²) >= 11 is 0. The predicted octanol–water partition coefficient (Wildman–Crippen LogP) is 2.49. The topological polar surface area (TPSA) is 78.4 Å². The molecule has 2 rings (SSSR count). The maximum atomic E-state index is 12.6. The molecule has 0 unspecified atom stereocenters. The molecule has 0 saturated carbocycles. The lowest BCUT2D eigenvalue weighted by Gasteiger charge is -2.36. The number of carboxylic acid groups (broad SMARTS) is 1.